The van der Waals surface area contributed by atoms with Crippen LogP contribution in [0.3, 0.4) is 0 Å². The van der Waals surface area contributed by atoms with Crippen LogP contribution in [-0.4, -0.2) is 36.5 Å². The van der Waals surface area contributed by atoms with Crippen LogP contribution in [0.2, 0.25) is 0 Å². The van der Waals surface area contributed by atoms with Gasteiger partial charge < -0.3 is 10.2 Å². The molecule has 1 fully saturated rings. The third kappa shape index (κ3) is 4.47. The summed E-state index contributed by atoms with van der Waals surface area (Å²) in [7, 11) is 0. The van der Waals surface area contributed by atoms with E-state index in [1.807, 2.05) is 11.8 Å². The summed E-state index contributed by atoms with van der Waals surface area (Å²) in [5.74, 6) is 0.238. The van der Waals surface area contributed by atoms with Gasteiger partial charge in [0.15, 0.2) is 0 Å². The van der Waals surface area contributed by atoms with E-state index in [0.717, 1.165) is 13.1 Å². The second kappa shape index (κ2) is 5.91. The molecule has 1 aliphatic rings. The number of rotatable bonds is 6. The number of nitrogens with zero attached hydrogens (tertiary/aromatic N) is 1. The van der Waals surface area contributed by atoms with E-state index in [0.29, 0.717) is 12.6 Å². The maximum atomic E-state index is 11.7. The standard InChI is InChI=1S/C12H22N2O/c1-4-14(11-5-6-11)12(15)9-13-8-7-10(2)3/h7,11,13H,4-6,8-9H2,1-3H3. The highest BCUT2D eigenvalue weighted by Gasteiger charge is 2.30. The molecule has 3 nitrogen and oxygen atoms in total. The first-order valence-electron chi connectivity index (χ1n) is 5.78. The molecule has 0 saturated heterocycles. The Hall–Kier alpha value is -0.830. The summed E-state index contributed by atoms with van der Waals surface area (Å²) in [6, 6.07) is 0.535. The number of amides is 1. The third-order valence-electron chi connectivity index (χ3n) is 2.58. The Morgan fingerprint density at radius 3 is 2.60 bits per heavy atom. The van der Waals surface area contributed by atoms with Gasteiger partial charge in [0, 0.05) is 19.1 Å². The molecule has 86 valence electrons. The summed E-state index contributed by atoms with van der Waals surface area (Å²) in [4.78, 5) is 13.7. The molecular weight excluding hydrogens is 188 g/mol. The van der Waals surface area contributed by atoms with Crippen molar-refractivity contribution < 1.29 is 4.79 Å². The average molecular weight is 210 g/mol. The number of carbonyl (C=O) groups is 1. The molecule has 0 bridgehead atoms. The Morgan fingerprint density at radius 1 is 1.47 bits per heavy atom. The van der Waals surface area contributed by atoms with Crippen LogP contribution in [0.1, 0.15) is 33.6 Å². The first-order valence-corrected chi connectivity index (χ1v) is 5.78. The number of carbonyl (C=O) groups excluding carboxylic acids is 1. The van der Waals surface area contributed by atoms with Crippen molar-refractivity contribution in [1.82, 2.24) is 10.2 Å². The molecule has 1 rings (SSSR count). The minimum Gasteiger partial charge on any atom is -0.339 e. The van der Waals surface area contributed by atoms with E-state index in [-0.39, 0.29) is 5.91 Å². The van der Waals surface area contributed by atoms with Gasteiger partial charge in [-0.05, 0) is 33.6 Å². The first-order chi connectivity index (χ1) is 7.15. The molecule has 0 spiro atoms. The zero-order valence-electron chi connectivity index (χ0n) is 10.0. The molecule has 1 amide bonds. The summed E-state index contributed by atoms with van der Waals surface area (Å²) < 4.78 is 0. The van der Waals surface area contributed by atoms with Crippen LogP contribution in [0.5, 0.6) is 0 Å². The largest absolute Gasteiger partial charge is 0.339 e. The summed E-state index contributed by atoms with van der Waals surface area (Å²) in [5.41, 5.74) is 1.28. The van der Waals surface area contributed by atoms with Gasteiger partial charge in [0.25, 0.3) is 0 Å². The van der Waals surface area contributed by atoms with E-state index in [2.05, 4.69) is 25.2 Å². The Balaban J connectivity index is 2.19. The van der Waals surface area contributed by atoms with Crippen LogP contribution in [0.15, 0.2) is 11.6 Å². The van der Waals surface area contributed by atoms with Crippen LogP contribution in [-0.2, 0) is 4.79 Å². The Labute approximate surface area is 92.5 Å². The van der Waals surface area contributed by atoms with Crippen molar-refractivity contribution in [2.45, 2.75) is 39.7 Å². The summed E-state index contributed by atoms with van der Waals surface area (Å²) in [6.07, 6.45) is 4.47. The molecule has 0 aliphatic heterocycles. The van der Waals surface area contributed by atoms with Crippen molar-refractivity contribution in [3.63, 3.8) is 0 Å². The van der Waals surface area contributed by atoms with E-state index in [9.17, 15) is 4.79 Å². The van der Waals surface area contributed by atoms with E-state index in [1.54, 1.807) is 0 Å². The van der Waals surface area contributed by atoms with Gasteiger partial charge in [-0.1, -0.05) is 11.6 Å². The smallest absolute Gasteiger partial charge is 0.236 e. The lowest BCUT2D eigenvalue weighted by Gasteiger charge is -2.20. The van der Waals surface area contributed by atoms with Gasteiger partial charge in [0.05, 0.1) is 6.54 Å². The zero-order chi connectivity index (χ0) is 11.3. The van der Waals surface area contributed by atoms with Gasteiger partial charge in [0.1, 0.15) is 0 Å². The average Bonchev–Trinajstić information content (AvgIpc) is 2.97. The van der Waals surface area contributed by atoms with E-state index < -0.39 is 0 Å². The van der Waals surface area contributed by atoms with E-state index >= 15 is 0 Å². The second-order valence-corrected chi connectivity index (χ2v) is 4.32. The Kier molecular flexibility index (Phi) is 4.82. The van der Waals surface area contributed by atoms with Crippen molar-refractivity contribution in [1.29, 1.82) is 0 Å². The number of hydrogen-bond acceptors (Lipinski definition) is 2. The van der Waals surface area contributed by atoms with Crippen molar-refractivity contribution in [2.24, 2.45) is 0 Å². The molecule has 15 heavy (non-hydrogen) atoms. The molecule has 0 aromatic rings. The quantitative estimate of drug-likeness (QED) is 0.533. The summed E-state index contributed by atoms with van der Waals surface area (Å²) in [5, 5.41) is 3.15. The van der Waals surface area contributed by atoms with Crippen molar-refractivity contribution in [3.8, 4) is 0 Å². The van der Waals surface area contributed by atoms with Crippen LogP contribution >= 0.6 is 0 Å². The predicted molar refractivity (Wildman–Crippen MR) is 62.7 cm³/mol. The number of likely N-dealkylation sites (N-methyl/N-ethyl adjacent to an activating group) is 1. The maximum absolute atomic E-state index is 11.7. The molecule has 1 saturated carbocycles. The molecule has 0 heterocycles. The minimum atomic E-state index is 0.238. The maximum Gasteiger partial charge on any atom is 0.236 e. The normalized spacial score (nSPS) is 14.9. The molecule has 1 N–H and O–H groups in total. The van der Waals surface area contributed by atoms with Gasteiger partial charge in [-0.3, -0.25) is 4.79 Å². The SMILES string of the molecule is CCN(C(=O)CNCC=C(C)C)C1CC1. The minimum absolute atomic E-state index is 0.238. The molecule has 0 radical (unpaired) electrons. The number of nitrogens with one attached hydrogen (secondary N) is 1. The van der Waals surface area contributed by atoms with Crippen LogP contribution in [0.25, 0.3) is 0 Å². The number of allylic oxidation sites excluding steroid dienone is 1. The van der Waals surface area contributed by atoms with Gasteiger partial charge in [-0.2, -0.15) is 0 Å². The van der Waals surface area contributed by atoms with Gasteiger partial charge in [-0.15, -0.1) is 0 Å². The molecule has 0 aromatic heterocycles. The van der Waals surface area contributed by atoms with Crippen LogP contribution in [0, 0.1) is 0 Å². The first kappa shape index (κ1) is 12.2. The Bertz CT molecular complexity index is 240. The summed E-state index contributed by atoms with van der Waals surface area (Å²) >= 11 is 0. The molecule has 0 atom stereocenters. The monoisotopic (exact) mass is 210 g/mol. The zero-order valence-corrected chi connectivity index (χ0v) is 10.0. The second-order valence-electron chi connectivity index (χ2n) is 4.32. The fourth-order valence-electron chi connectivity index (χ4n) is 1.58. The van der Waals surface area contributed by atoms with Gasteiger partial charge in [0.2, 0.25) is 5.91 Å². The van der Waals surface area contributed by atoms with Crippen molar-refractivity contribution in [2.75, 3.05) is 19.6 Å². The molecule has 0 unspecified atom stereocenters. The molecule has 1 aliphatic carbocycles. The van der Waals surface area contributed by atoms with E-state index in [4.69, 9.17) is 0 Å². The van der Waals surface area contributed by atoms with Crippen molar-refractivity contribution >= 4 is 5.91 Å². The predicted octanol–water partition coefficient (Wildman–Crippen LogP) is 1.55. The fourth-order valence-corrected chi connectivity index (χ4v) is 1.58. The van der Waals surface area contributed by atoms with E-state index in [1.165, 1.54) is 18.4 Å². The van der Waals surface area contributed by atoms with Gasteiger partial charge in [-0.25, -0.2) is 0 Å². The van der Waals surface area contributed by atoms with Crippen LogP contribution < -0.4 is 5.32 Å². The fraction of sp³-hybridized carbons (Fsp3) is 0.750. The summed E-state index contributed by atoms with van der Waals surface area (Å²) in [6.45, 7) is 8.27. The third-order valence-corrected chi connectivity index (χ3v) is 2.58. The van der Waals surface area contributed by atoms with Crippen molar-refractivity contribution in [3.05, 3.63) is 11.6 Å². The topological polar surface area (TPSA) is 32.3 Å². The van der Waals surface area contributed by atoms with Gasteiger partial charge >= 0.3 is 0 Å². The molecule has 3 heteroatoms. The lowest BCUT2D eigenvalue weighted by molar-refractivity contribution is -0.130. The molecule has 0 aromatic carbocycles. The Morgan fingerprint density at radius 2 is 2.13 bits per heavy atom. The number of hydrogen-bond donors (Lipinski definition) is 1. The molecular formula is C12H22N2O. The highest BCUT2D eigenvalue weighted by molar-refractivity contribution is 5.78. The highest BCUT2D eigenvalue weighted by atomic mass is 16.2. The lowest BCUT2D eigenvalue weighted by Crippen LogP contribution is -2.39. The van der Waals surface area contributed by atoms with Crippen LogP contribution in [0.4, 0.5) is 0 Å². The highest BCUT2D eigenvalue weighted by Crippen LogP contribution is 2.26. The lowest BCUT2D eigenvalue weighted by atomic mass is 10.3.